The molecule has 3 aromatic heterocycles. The average Bonchev–Trinajstić information content (AvgIpc) is 3.05. The van der Waals surface area contributed by atoms with Gasteiger partial charge in [0.05, 0.1) is 22.8 Å². The first-order valence-electron chi connectivity index (χ1n) is 8.23. The first-order chi connectivity index (χ1) is 12.4. The van der Waals surface area contributed by atoms with Crippen LogP contribution in [-0.4, -0.2) is 35.4 Å². The highest BCUT2D eigenvalue weighted by Crippen LogP contribution is 2.21. The molecule has 0 aliphatic heterocycles. The first-order valence-corrected chi connectivity index (χ1v) is 8.61. The summed E-state index contributed by atoms with van der Waals surface area (Å²) in [5, 5.41) is 9.27. The summed E-state index contributed by atoms with van der Waals surface area (Å²) in [6.45, 7) is 4.45. The van der Waals surface area contributed by atoms with Gasteiger partial charge in [-0.15, -0.1) is 0 Å². The van der Waals surface area contributed by atoms with E-state index in [2.05, 4.69) is 15.2 Å². The number of hydrogen-bond acceptors (Lipinski definition) is 4. The van der Waals surface area contributed by atoms with Gasteiger partial charge in [-0.3, -0.25) is 19.1 Å². The first kappa shape index (κ1) is 18.1. The molecule has 136 valence electrons. The Balaban J connectivity index is 1.96. The molecule has 0 unspecified atom stereocenters. The molecule has 0 atom stereocenters. The third-order valence-corrected chi connectivity index (χ3v) is 4.62. The van der Waals surface area contributed by atoms with Crippen molar-refractivity contribution >= 4 is 17.5 Å². The molecule has 0 saturated heterocycles. The van der Waals surface area contributed by atoms with E-state index in [4.69, 9.17) is 11.6 Å². The number of amides is 1. The molecule has 3 heterocycles. The number of aromatic nitrogens is 5. The third kappa shape index (κ3) is 3.62. The van der Waals surface area contributed by atoms with E-state index in [9.17, 15) is 4.79 Å². The summed E-state index contributed by atoms with van der Waals surface area (Å²) in [5.41, 5.74) is 3.75. The largest absolute Gasteiger partial charge is 0.328 e. The Morgan fingerprint density at radius 3 is 2.54 bits per heavy atom. The summed E-state index contributed by atoms with van der Waals surface area (Å²) in [6, 6.07) is 3.79. The van der Waals surface area contributed by atoms with Gasteiger partial charge in [-0.05, 0) is 25.5 Å². The van der Waals surface area contributed by atoms with Crippen LogP contribution in [0.25, 0.3) is 0 Å². The lowest BCUT2D eigenvalue weighted by molar-refractivity contribution is 0.0726. The van der Waals surface area contributed by atoms with Gasteiger partial charge in [0.1, 0.15) is 5.69 Å². The zero-order valence-electron chi connectivity index (χ0n) is 15.3. The number of aryl methyl sites for hydroxylation is 3. The van der Waals surface area contributed by atoms with Gasteiger partial charge in [-0.2, -0.15) is 10.2 Å². The van der Waals surface area contributed by atoms with E-state index in [0.29, 0.717) is 35.1 Å². The summed E-state index contributed by atoms with van der Waals surface area (Å²) in [6.07, 6.45) is 5.19. The Morgan fingerprint density at radius 1 is 1.23 bits per heavy atom. The van der Waals surface area contributed by atoms with Gasteiger partial charge < -0.3 is 4.90 Å². The number of hydrogen-bond donors (Lipinski definition) is 0. The van der Waals surface area contributed by atoms with Crippen molar-refractivity contribution in [3.63, 3.8) is 0 Å². The van der Waals surface area contributed by atoms with Gasteiger partial charge in [0.2, 0.25) is 0 Å². The summed E-state index contributed by atoms with van der Waals surface area (Å²) in [7, 11) is 3.64. The van der Waals surface area contributed by atoms with E-state index in [1.54, 1.807) is 39.9 Å². The predicted octanol–water partition coefficient (Wildman–Crippen LogP) is 2.66. The number of pyridine rings is 1. The molecule has 1 amide bonds. The van der Waals surface area contributed by atoms with Crippen molar-refractivity contribution in [3.8, 4) is 0 Å². The van der Waals surface area contributed by atoms with Crippen molar-refractivity contribution in [2.24, 2.45) is 14.1 Å². The van der Waals surface area contributed by atoms with Crippen molar-refractivity contribution < 1.29 is 4.79 Å². The highest BCUT2D eigenvalue weighted by molar-refractivity contribution is 6.31. The highest BCUT2D eigenvalue weighted by Gasteiger charge is 2.25. The lowest BCUT2D eigenvalue weighted by Gasteiger charge is -2.22. The van der Waals surface area contributed by atoms with Crippen molar-refractivity contribution in [2.75, 3.05) is 0 Å². The van der Waals surface area contributed by atoms with Crippen LogP contribution in [0.4, 0.5) is 0 Å². The van der Waals surface area contributed by atoms with Crippen molar-refractivity contribution in [2.45, 2.75) is 26.9 Å². The van der Waals surface area contributed by atoms with Crippen LogP contribution in [0.2, 0.25) is 5.02 Å². The topological polar surface area (TPSA) is 68.8 Å². The molecule has 0 aliphatic rings. The third-order valence-electron chi connectivity index (χ3n) is 4.30. The smallest absolute Gasteiger partial charge is 0.258 e. The molecule has 7 nitrogen and oxygen atoms in total. The Hall–Kier alpha value is -2.67. The molecule has 26 heavy (non-hydrogen) atoms. The van der Waals surface area contributed by atoms with Crippen LogP contribution in [-0.2, 0) is 27.2 Å². The summed E-state index contributed by atoms with van der Waals surface area (Å²) >= 11 is 6.26. The standard InChI is InChI=1S/C18H21ClN6O/c1-12-17(13(2)24(4)21-12)18(26)25(9-14-6-5-7-20-8-14)11-16-15(19)10-23(3)22-16/h5-8,10H,9,11H2,1-4H3. The molecule has 0 fully saturated rings. The molecule has 0 spiro atoms. The van der Waals surface area contributed by atoms with E-state index in [0.717, 1.165) is 11.3 Å². The molecule has 0 radical (unpaired) electrons. The van der Waals surface area contributed by atoms with Crippen LogP contribution in [0, 0.1) is 13.8 Å². The Kier molecular flexibility index (Phi) is 5.08. The van der Waals surface area contributed by atoms with Crippen LogP contribution in [0.1, 0.15) is 33.0 Å². The minimum Gasteiger partial charge on any atom is -0.328 e. The second-order valence-corrected chi connectivity index (χ2v) is 6.70. The molecule has 3 rings (SSSR count). The minimum atomic E-state index is -0.0985. The quantitative estimate of drug-likeness (QED) is 0.690. The molecule has 0 aliphatic carbocycles. The predicted molar refractivity (Wildman–Crippen MR) is 98.7 cm³/mol. The average molecular weight is 373 g/mol. The molecular formula is C18H21ClN6O. The zero-order valence-corrected chi connectivity index (χ0v) is 16.0. The molecule has 8 heteroatoms. The normalized spacial score (nSPS) is 11.0. The van der Waals surface area contributed by atoms with Crippen LogP contribution < -0.4 is 0 Å². The van der Waals surface area contributed by atoms with Gasteiger partial charge in [-0.25, -0.2) is 0 Å². The Morgan fingerprint density at radius 2 is 2.00 bits per heavy atom. The SMILES string of the molecule is Cc1nn(C)c(C)c1C(=O)N(Cc1cccnc1)Cc1nn(C)cc1Cl. The lowest BCUT2D eigenvalue weighted by Crippen LogP contribution is -2.31. The number of rotatable bonds is 5. The second kappa shape index (κ2) is 7.29. The van der Waals surface area contributed by atoms with E-state index in [1.807, 2.05) is 33.0 Å². The molecule has 3 aromatic rings. The maximum atomic E-state index is 13.3. The fraction of sp³-hybridized carbons (Fsp3) is 0.333. The number of nitrogens with zero attached hydrogens (tertiary/aromatic N) is 6. The number of carbonyl (C=O) groups is 1. The highest BCUT2D eigenvalue weighted by atomic mass is 35.5. The van der Waals surface area contributed by atoms with Crippen molar-refractivity contribution in [1.29, 1.82) is 0 Å². The fourth-order valence-corrected chi connectivity index (χ4v) is 3.19. The van der Waals surface area contributed by atoms with E-state index >= 15 is 0 Å². The van der Waals surface area contributed by atoms with Gasteiger partial charge >= 0.3 is 0 Å². The van der Waals surface area contributed by atoms with E-state index in [-0.39, 0.29) is 5.91 Å². The fourth-order valence-electron chi connectivity index (χ4n) is 2.95. The van der Waals surface area contributed by atoms with E-state index in [1.165, 1.54) is 0 Å². The molecule has 0 aromatic carbocycles. The summed E-state index contributed by atoms with van der Waals surface area (Å²) < 4.78 is 3.36. The maximum absolute atomic E-state index is 13.3. The van der Waals surface area contributed by atoms with Gasteiger partial charge in [0, 0.05) is 44.9 Å². The minimum absolute atomic E-state index is 0.0985. The van der Waals surface area contributed by atoms with Crippen LogP contribution in [0.5, 0.6) is 0 Å². The monoisotopic (exact) mass is 372 g/mol. The Bertz CT molecular complexity index is 931. The molecule has 0 saturated carbocycles. The number of halogens is 1. The van der Waals surface area contributed by atoms with Crippen LogP contribution >= 0.6 is 11.6 Å². The maximum Gasteiger partial charge on any atom is 0.258 e. The molecular weight excluding hydrogens is 352 g/mol. The van der Waals surface area contributed by atoms with Gasteiger partial charge in [0.25, 0.3) is 5.91 Å². The Labute approximate surface area is 157 Å². The molecule has 0 N–H and O–H groups in total. The molecule has 0 bridgehead atoms. The number of carbonyl (C=O) groups excluding carboxylic acids is 1. The van der Waals surface area contributed by atoms with Crippen LogP contribution in [0.3, 0.4) is 0 Å². The van der Waals surface area contributed by atoms with E-state index < -0.39 is 0 Å². The zero-order chi connectivity index (χ0) is 18.8. The van der Waals surface area contributed by atoms with Crippen LogP contribution in [0.15, 0.2) is 30.7 Å². The summed E-state index contributed by atoms with van der Waals surface area (Å²) in [5.74, 6) is -0.0985. The summed E-state index contributed by atoms with van der Waals surface area (Å²) in [4.78, 5) is 19.2. The van der Waals surface area contributed by atoms with Gasteiger partial charge in [-0.1, -0.05) is 17.7 Å². The van der Waals surface area contributed by atoms with Crippen molar-refractivity contribution in [3.05, 3.63) is 64.0 Å². The lowest BCUT2D eigenvalue weighted by atomic mass is 10.1. The van der Waals surface area contributed by atoms with Crippen molar-refractivity contribution in [1.82, 2.24) is 29.4 Å². The second-order valence-electron chi connectivity index (χ2n) is 6.29. The van der Waals surface area contributed by atoms with Gasteiger partial charge in [0.15, 0.2) is 0 Å².